The molecule has 8 nitrogen and oxygen atoms in total. The highest BCUT2D eigenvalue weighted by atomic mass is 32.1. The summed E-state index contributed by atoms with van der Waals surface area (Å²) in [5.74, 6) is 0.651. The molecule has 0 saturated heterocycles. The largest absolute Gasteiger partial charge is 0.493 e. The summed E-state index contributed by atoms with van der Waals surface area (Å²) in [4.78, 5) is 21.0. The van der Waals surface area contributed by atoms with Crippen molar-refractivity contribution in [1.82, 2.24) is 20.2 Å². The van der Waals surface area contributed by atoms with Crippen LogP contribution in [0.25, 0.3) is 10.6 Å². The van der Waals surface area contributed by atoms with Crippen LogP contribution in [0.1, 0.15) is 29.1 Å². The van der Waals surface area contributed by atoms with Gasteiger partial charge >= 0.3 is 0 Å². The molecule has 31 heavy (non-hydrogen) atoms. The second-order valence-corrected chi connectivity index (χ2v) is 7.46. The lowest BCUT2D eigenvalue weighted by Crippen LogP contribution is -2.12. The Kier molecular flexibility index (Phi) is 6.13. The van der Waals surface area contributed by atoms with Crippen LogP contribution in [0.3, 0.4) is 0 Å². The average Bonchev–Trinajstić information content (AvgIpc) is 3.29. The highest BCUT2D eigenvalue weighted by molar-refractivity contribution is 7.18. The lowest BCUT2D eigenvalue weighted by atomic mass is 10.2. The van der Waals surface area contributed by atoms with E-state index in [-0.39, 0.29) is 12.0 Å². The quantitative estimate of drug-likeness (QED) is 0.461. The first-order valence-electron chi connectivity index (χ1n) is 9.45. The Morgan fingerprint density at radius 2 is 1.87 bits per heavy atom. The van der Waals surface area contributed by atoms with Crippen molar-refractivity contribution in [3.63, 3.8) is 0 Å². The minimum Gasteiger partial charge on any atom is -0.493 e. The van der Waals surface area contributed by atoms with Gasteiger partial charge in [-0.2, -0.15) is 0 Å². The van der Waals surface area contributed by atoms with Crippen LogP contribution in [0.2, 0.25) is 0 Å². The van der Waals surface area contributed by atoms with Crippen LogP contribution >= 0.6 is 11.3 Å². The minimum absolute atomic E-state index is 0.275. The Morgan fingerprint density at radius 3 is 2.61 bits per heavy atom. The third kappa shape index (κ3) is 4.84. The van der Waals surface area contributed by atoms with Crippen molar-refractivity contribution in [2.75, 3.05) is 12.4 Å². The summed E-state index contributed by atoms with van der Waals surface area (Å²) >= 11 is 1.28. The van der Waals surface area contributed by atoms with Crippen molar-refractivity contribution < 1.29 is 14.3 Å². The van der Waals surface area contributed by atoms with Gasteiger partial charge in [0.2, 0.25) is 5.13 Å². The van der Waals surface area contributed by atoms with Gasteiger partial charge in [0, 0.05) is 29.7 Å². The third-order valence-corrected chi connectivity index (χ3v) is 5.29. The molecule has 1 atom stereocenters. The number of methoxy groups -OCH3 is 1. The van der Waals surface area contributed by atoms with Crippen molar-refractivity contribution in [2.45, 2.75) is 13.0 Å². The molecule has 156 valence electrons. The van der Waals surface area contributed by atoms with Gasteiger partial charge in [-0.25, -0.2) is 0 Å². The summed E-state index contributed by atoms with van der Waals surface area (Å²) in [6.45, 7) is 1.90. The molecule has 3 aromatic heterocycles. The molecule has 9 heteroatoms. The van der Waals surface area contributed by atoms with E-state index in [1.54, 1.807) is 36.8 Å². The third-order valence-electron chi connectivity index (χ3n) is 4.41. The Labute approximate surface area is 182 Å². The van der Waals surface area contributed by atoms with Crippen molar-refractivity contribution in [3.8, 4) is 22.1 Å². The van der Waals surface area contributed by atoms with Crippen LogP contribution in [0.4, 0.5) is 5.13 Å². The maximum absolute atomic E-state index is 12.7. The van der Waals surface area contributed by atoms with Crippen molar-refractivity contribution in [3.05, 3.63) is 78.4 Å². The van der Waals surface area contributed by atoms with Crippen LogP contribution in [0.5, 0.6) is 11.5 Å². The van der Waals surface area contributed by atoms with Crippen LogP contribution < -0.4 is 14.8 Å². The Hall–Kier alpha value is -3.85. The molecule has 0 aliphatic carbocycles. The predicted octanol–water partition coefficient (Wildman–Crippen LogP) is 4.40. The minimum atomic E-state index is -0.319. The zero-order valence-corrected chi connectivity index (χ0v) is 17.7. The van der Waals surface area contributed by atoms with Gasteiger partial charge < -0.3 is 9.47 Å². The fourth-order valence-electron chi connectivity index (χ4n) is 2.83. The molecular formula is C22H19N5O3S. The number of benzene rings is 1. The van der Waals surface area contributed by atoms with E-state index >= 15 is 0 Å². The molecule has 0 aliphatic heterocycles. The maximum Gasteiger partial charge on any atom is 0.257 e. The number of carbonyl (C=O) groups excluding carboxylic acids is 1. The van der Waals surface area contributed by atoms with Gasteiger partial charge in [0.1, 0.15) is 11.1 Å². The molecule has 0 radical (unpaired) electrons. The van der Waals surface area contributed by atoms with E-state index in [9.17, 15) is 4.79 Å². The summed E-state index contributed by atoms with van der Waals surface area (Å²) in [7, 11) is 1.53. The van der Waals surface area contributed by atoms with Gasteiger partial charge in [0.15, 0.2) is 11.5 Å². The van der Waals surface area contributed by atoms with E-state index in [2.05, 4.69) is 25.5 Å². The molecular weight excluding hydrogens is 414 g/mol. The molecule has 0 aliphatic rings. The second kappa shape index (κ2) is 9.31. The Balaban J connectivity index is 1.47. The number of aromatic nitrogens is 4. The molecule has 1 N–H and O–H groups in total. The van der Waals surface area contributed by atoms with Gasteiger partial charge in [0.25, 0.3) is 5.91 Å². The van der Waals surface area contributed by atoms with Gasteiger partial charge in [0.05, 0.1) is 12.8 Å². The summed E-state index contributed by atoms with van der Waals surface area (Å²) in [5.41, 5.74) is 2.10. The van der Waals surface area contributed by atoms with E-state index in [0.717, 1.165) is 11.3 Å². The Bertz CT molecular complexity index is 1170. The number of nitrogens with one attached hydrogen (secondary N) is 1. The molecule has 3 heterocycles. The summed E-state index contributed by atoms with van der Waals surface area (Å²) in [5, 5.41) is 12.0. The lowest BCUT2D eigenvalue weighted by molar-refractivity contribution is 0.102. The number of carbonyl (C=O) groups is 1. The zero-order chi connectivity index (χ0) is 21.6. The molecule has 0 spiro atoms. The van der Waals surface area contributed by atoms with Gasteiger partial charge in [-0.15, -0.1) is 10.2 Å². The molecule has 4 aromatic rings. The van der Waals surface area contributed by atoms with Crippen molar-refractivity contribution >= 4 is 22.4 Å². The number of pyridine rings is 2. The number of hydrogen-bond acceptors (Lipinski definition) is 8. The summed E-state index contributed by atoms with van der Waals surface area (Å²) in [6.07, 6.45) is 4.80. The zero-order valence-electron chi connectivity index (χ0n) is 16.9. The molecule has 0 saturated carbocycles. The highest BCUT2D eigenvalue weighted by Gasteiger charge is 2.16. The van der Waals surface area contributed by atoms with E-state index in [4.69, 9.17) is 9.47 Å². The first kappa shape index (κ1) is 20.4. The SMILES string of the molecule is COc1cc(C(=O)Nc2nnc(-c3ccncc3)s2)ccc1O[C@H](C)c1ccccn1. The number of ether oxygens (including phenoxy) is 2. The fraction of sp³-hybridized carbons (Fsp3) is 0.136. The molecule has 0 bridgehead atoms. The monoisotopic (exact) mass is 433 g/mol. The fourth-order valence-corrected chi connectivity index (χ4v) is 3.57. The smallest absolute Gasteiger partial charge is 0.257 e. The number of rotatable bonds is 7. The normalized spacial score (nSPS) is 11.5. The lowest BCUT2D eigenvalue weighted by Gasteiger charge is -2.17. The van der Waals surface area contributed by atoms with Crippen LogP contribution in [0, 0.1) is 0 Å². The van der Waals surface area contributed by atoms with Crippen molar-refractivity contribution in [1.29, 1.82) is 0 Å². The topological polar surface area (TPSA) is 99.1 Å². The van der Waals surface area contributed by atoms with Gasteiger partial charge in [-0.3, -0.25) is 20.1 Å². The molecule has 1 amide bonds. The van der Waals surface area contributed by atoms with Gasteiger partial charge in [-0.1, -0.05) is 17.4 Å². The number of amides is 1. The summed E-state index contributed by atoms with van der Waals surface area (Å²) < 4.78 is 11.4. The number of nitrogens with zero attached hydrogens (tertiary/aromatic N) is 4. The average molecular weight is 433 g/mol. The van der Waals surface area contributed by atoms with Crippen molar-refractivity contribution in [2.24, 2.45) is 0 Å². The first-order chi connectivity index (χ1) is 15.1. The maximum atomic E-state index is 12.7. The molecule has 4 rings (SSSR count). The number of anilines is 1. The summed E-state index contributed by atoms with van der Waals surface area (Å²) in [6, 6.07) is 14.3. The standard InChI is InChI=1S/C22H19N5O3S/c1-14(17-5-3-4-10-24-17)30-18-7-6-16(13-19(18)29-2)20(28)25-22-27-26-21(31-22)15-8-11-23-12-9-15/h3-14H,1-2H3,(H,25,27,28)/t14-/m1/s1. The number of hydrogen-bond donors (Lipinski definition) is 1. The van der Waals surface area contributed by atoms with Crippen LogP contribution in [-0.2, 0) is 0 Å². The van der Waals surface area contributed by atoms with E-state index in [1.807, 2.05) is 37.3 Å². The molecule has 0 fully saturated rings. The predicted molar refractivity (Wildman–Crippen MR) is 117 cm³/mol. The molecule has 1 aromatic carbocycles. The van der Waals surface area contributed by atoms with Gasteiger partial charge in [-0.05, 0) is 49.4 Å². The Morgan fingerprint density at radius 1 is 1.03 bits per heavy atom. The van der Waals surface area contributed by atoms with E-state index < -0.39 is 0 Å². The van der Waals surface area contributed by atoms with Crippen LogP contribution in [0.15, 0.2) is 67.1 Å². The van der Waals surface area contributed by atoms with E-state index in [0.29, 0.717) is 27.2 Å². The second-order valence-electron chi connectivity index (χ2n) is 6.48. The van der Waals surface area contributed by atoms with E-state index in [1.165, 1.54) is 18.4 Å². The molecule has 0 unspecified atom stereocenters. The highest BCUT2D eigenvalue weighted by Crippen LogP contribution is 2.32. The first-order valence-corrected chi connectivity index (χ1v) is 10.3. The van der Waals surface area contributed by atoms with Crippen LogP contribution in [-0.4, -0.2) is 33.2 Å².